The summed E-state index contributed by atoms with van der Waals surface area (Å²) in [5.74, 6) is 0. The number of nitrogens with zero attached hydrogens (tertiary/aromatic N) is 1. The van der Waals surface area contributed by atoms with Crippen LogP contribution in [0, 0.1) is 0 Å². The van der Waals surface area contributed by atoms with Gasteiger partial charge in [-0.05, 0) is 19.1 Å². The summed E-state index contributed by atoms with van der Waals surface area (Å²) in [4.78, 5) is 13.4. The predicted molar refractivity (Wildman–Crippen MR) is 68.4 cm³/mol. The first kappa shape index (κ1) is 11.5. The molecule has 17 heavy (non-hydrogen) atoms. The van der Waals surface area contributed by atoms with Crippen LogP contribution in [0.1, 0.15) is 6.92 Å². The maximum atomic E-state index is 11.7. The lowest BCUT2D eigenvalue weighted by Gasteiger charge is -2.35. The zero-order valence-electron chi connectivity index (χ0n) is 10.1. The summed E-state index contributed by atoms with van der Waals surface area (Å²) in [5, 5.41) is 3.36. The number of ether oxygens (including phenoxy) is 1. The number of para-hydroxylation sites is 2. The van der Waals surface area contributed by atoms with Gasteiger partial charge in [-0.25, -0.2) is 4.79 Å². The molecule has 1 amide bonds. The van der Waals surface area contributed by atoms with Crippen molar-refractivity contribution in [2.24, 2.45) is 0 Å². The molecule has 1 unspecified atom stereocenters. The maximum Gasteiger partial charge on any atom is 0.414 e. The van der Waals surface area contributed by atoms with Gasteiger partial charge in [0.2, 0.25) is 0 Å². The summed E-state index contributed by atoms with van der Waals surface area (Å²) >= 11 is 0. The Balaban J connectivity index is 2.39. The molecule has 0 spiro atoms. The van der Waals surface area contributed by atoms with Crippen molar-refractivity contribution in [2.75, 3.05) is 23.9 Å². The number of hydrogen-bond acceptors (Lipinski definition) is 3. The van der Waals surface area contributed by atoms with Crippen molar-refractivity contribution in [3.05, 3.63) is 36.4 Å². The van der Waals surface area contributed by atoms with E-state index in [4.69, 9.17) is 4.74 Å². The molecule has 1 aliphatic heterocycles. The molecule has 1 aromatic carbocycles. The summed E-state index contributed by atoms with van der Waals surface area (Å²) in [6, 6.07) is 7.73. The van der Waals surface area contributed by atoms with Gasteiger partial charge in [-0.1, -0.05) is 24.3 Å². The minimum absolute atomic E-state index is 0.0593. The van der Waals surface area contributed by atoms with Crippen LogP contribution < -0.4 is 10.2 Å². The minimum Gasteiger partial charge on any atom is -0.452 e. The van der Waals surface area contributed by atoms with Crippen molar-refractivity contribution in [1.82, 2.24) is 0 Å². The molecule has 0 saturated carbocycles. The van der Waals surface area contributed by atoms with E-state index in [1.54, 1.807) is 4.90 Å². The Morgan fingerprint density at radius 2 is 2.24 bits per heavy atom. The van der Waals surface area contributed by atoms with Gasteiger partial charge in [-0.3, -0.25) is 4.90 Å². The molecule has 4 nitrogen and oxygen atoms in total. The monoisotopic (exact) mass is 232 g/mol. The fraction of sp³-hybridized carbons (Fsp3) is 0.308. The van der Waals surface area contributed by atoms with Crippen LogP contribution >= 0.6 is 0 Å². The molecule has 0 fully saturated rings. The van der Waals surface area contributed by atoms with Gasteiger partial charge in [0.1, 0.15) is 0 Å². The molecule has 0 saturated heterocycles. The smallest absolute Gasteiger partial charge is 0.414 e. The molecule has 4 heteroatoms. The summed E-state index contributed by atoms with van der Waals surface area (Å²) < 4.78 is 4.80. The maximum absolute atomic E-state index is 11.7. The Morgan fingerprint density at radius 3 is 2.88 bits per heavy atom. The van der Waals surface area contributed by atoms with E-state index in [9.17, 15) is 4.79 Å². The van der Waals surface area contributed by atoms with Gasteiger partial charge >= 0.3 is 6.09 Å². The molecule has 2 rings (SSSR count). The molecular formula is C13H16N2O2. The average molecular weight is 232 g/mol. The van der Waals surface area contributed by atoms with E-state index in [1.807, 2.05) is 31.2 Å². The molecular weight excluding hydrogens is 216 g/mol. The largest absolute Gasteiger partial charge is 0.452 e. The van der Waals surface area contributed by atoms with Gasteiger partial charge in [-0.2, -0.15) is 0 Å². The molecule has 1 aromatic rings. The molecule has 0 bridgehead atoms. The van der Waals surface area contributed by atoms with Gasteiger partial charge in [0, 0.05) is 0 Å². The van der Waals surface area contributed by atoms with Crippen molar-refractivity contribution in [2.45, 2.75) is 13.0 Å². The van der Waals surface area contributed by atoms with Crippen molar-refractivity contribution in [1.29, 1.82) is 0 Å². The molecule has 0 radical (unpaired) electrons. The van der Waals surface area contributed by atoms with Gasteiger partial charge in [0.25, 0.3) is 0 Å². The number of nitrogens with one attached hydrogen (secondary N) is 1. The number of methoxy groups -OCH3 is 1. The summed E-state index contributed by atoms with van der Waals surface area (Å²) in [6.45, 7) is 6.42. The number of anilines is 2. The Morgan fingerprint density at radius 1 is 1.53 bits per heavy atom. The topological polar surface area (TPSA) is 41.6 Å². The number of hydrogen-bond donors (Lipinski definition) is 1. The van der Waals surface area contributed by atoms with Crippen LogP contribution in [0.2, 0.25) is 0 Å². The number of carbonyl (C=O) groups is 1. The highest BCUT2D eigenvalue weighted by molar-refractivity contribution is 5.93. The van der Waals surface area contributed by atoms with Crippen molar-refractivity contribution >= 4 is 17.5 Å². The van der Waals surface area contributed by atoms with Gasteiger partial charge in [0.15, 0.2) is 0 Å². The van der Waals surface area contributed by atoms with Crippen LogP contribution in [0.3, 0.4) is 0 Å². The van der Waals surface area contributed by atoms with Crippen LogP contribution in [-0.2, 0) is 4.74 Å². The molecule has 1 aliphatic rings. The number of fused-ring (bicyclic) bond motifs is 1. The quantitative estimate of drug-likeness (QED) is 0.757. The molecule has 0 aromatic heterocycles. The lowest BCUT2D eigenvalue weighted by atomic mass is 10.1. The lowest BCUT2D eigenvalue weighted by Crippen LogP contribution is -2.45. The fourth-order valence-corrected chi connectivity index (χ4v) is 1.91. The standard InChI is InChI=1S/C13H16N2O2/c1-9(2)11-8-15(13(16)17-3)12-7-5-4-6-10(12)14-11/h4-7,11,14H,1,8H2,2-3H3. The second-order valence-electron chi connectivity index (χ2n) is 4.14. The van der Waals surface area contributed by atoms with Crippen LogP contribution in [0.25, 0.3) is 0 Å². The first-order valence-corrected chi connectivity index (χ1v) is 5.50. The number of carbonyl (C=O) groups excluding carboxylic acids is 1. The van der Waals surface area contributed by atoms with E-state index in [2.05, 4.69) is 11.9 Å². The van der Waals surface area contributed by atoms with E-state index >= 15 is 0 Å². The van der Waals surface area contributed by atoms with Crippen molar-refractivity contribution in [3.63, 3.8) is 0 Å². The van der Waals surface area contributed by atoms with Crippen LogP contribution in [0.5, 0.6) is 0 Å². The van der Waals surface area contributed by atoms with Gasteiger partial charge in [0.05, 0.1) is 31.1 Å². The highest BCUT2D eigenvalue weighted by Gasteiger charge is 2.28. The normalized spacial score (nSPS) is 18.0. The van der Waals surface area contributed by atoms with E-state index < -0.39 is 0 Å². The number of benzene rings is 1. The average Bonchev–Trinajstić information content (AvgIpc) is 2.36. The second-order valence-corrected chi connectivity index (χ2v) is 4.14. The SMILES string of the molecule is C=C(C)C1CN(C(=O)OC)c2ccccc2N1. The van der Waals surface area contributed by atoms with E-state index in [0.717, 1.165) is 16.9 Å². The molecule has 1 heterocycles. The molecule has 90 valence electrons. The molecule has 1 atom stereocenters. The minimum atomic E-state index is -0.342. The first-order chi connectivity index (χ1) is 8.13. The second kappa shape index (κ2) is 4.49. The molecule has 0 aliphatic carbocycles. The van der Waals surface area contributed by atoms with Crippen LogP contribution in [0.15, 0.2) is 36.4 Å². The van der Waals surface area contributed by atoms with Crippen LogP contribution in [-0.4, -0.2) is 25.8 Å². The number of rotatable bonds is 1. The van der Waals surface area contributed by atoms with E-state index in [0.29, 0.717) is 6.54 Å². The Bertz CT molecular complexity index is 456. The van der Waals surface area contributed by atoms with Crippen molar-refractivity contribution in [3.8, 4) is 0 Å². The fourth-order valence-electron chi connectivity index (χ4n) is 1.91. The van der Waals surface area contributed by atoms with E-state index in [1.165, 1.54) is 7.11 Å². The third-order valence-electron chi connectivity index (χ3n) is 2.88. The Labute approximate surface area is 101 Å². The van der Waals surface area contributed by atoms with Crippen molar-refractivity contribution < 1.29 is 9.53 Å². The predicted octanol–water partition coefficient (Wildman–Crippen LogP) is 2.63. The summed E-state index contributed by atoms with van der Waals surface area (Å²) in [7, 11) is 1.39. The zero-order chi connectivity index (χ0) is 12.4. The highest BCUT2D eigenvalue weighted by Crippen LogP contribution is 2.32. The first-order valence-electron chi connectivity index (χ1n) is 5.50. The third-order valence-corrected chi connectivity index (χ3v) is 2.88. The molecule has 1 N–H and O–H groups in total. The van der Waals surface area contributed by atoms with Crippen LogP contribution in [0.4, 0.5) is 16.2 Å². The highest BCUT2D eigenvalue weighted by atomic mass is 16.5. The third kappa shape index (κ3) is 2.11. The van der Waals surface area contributed by atoms with E-state index in [-0.39, 0.29) is 12.1 Å². The van der Waals surface area contributed by atoms with Gasteiger partial charge < -0.3 is 10.1 Å². The number of amides is 1. The zero-order valence-corrected chi connectivity index (χ0v) is 10.1. The van der Waals surface area contributed by atoms with Gasteiger partial charge in [-0.15, -0.1) is 0 Å². The Hall–Kier alpha value is -1.97. The lowest BCUT2D eigenvalue weighted by molar-refractivity contribution is 0.178. The summed E-state index contributed by atoms with van der Waals surface area (Å²) in [6.07, 6.45) is -0.342. The summed E-state index contributed by atoms with van der Waals surface area (Å²) in [5.41, 5.74) is 2.77. The Kier molecular flexibility index (Phi) is 3.04.